The van der Waals surface area contributed by atoms with Gasteiger partial charge in [0, 0.05) is 14.1 Å². The zero-order valence-electron chi connectivity index (χ0n) is 10.2. The molecule has 1 unspecified atom stereocenters. The summed E-state index contributed by atoms with van der Waals surface area (Å²) >= 11 is 0. The number of carbonyl (C=O) groups excluding carboxylic acids is 1. The van der Waals surface area contributed by atoms with Gasteiger partial charge in [-0.05, 0) is 6.42 Å². The second kappa shape index (κ2) is 4.29. The predicted molar refractivity (Wildman–Crippen MR) is 62.5 cm³/mol. The number of aliphatic hydroxyl groups is 1. The molecule has 0 fully saturated rings. The van der Waals surface area contributed by atoms with E-state index < -0.39 is 6.10 Å². The minimum atomic E-state index is -0.645. The second-order valence-corrected chi connectivity index (χ2v) is 4.18. The van der Waals surface area contributed by atoms with Crippen LogP contribution in [0.3, 0.4) is 0 Å². The van der Waals surface area contributed by atoms with Crippen molar-refractivity contribution in [2.45, 2.75) is 26.0 Å². The molecule has 2 rings (SSSR count). The standard InChI is InChI=1S/C11H16N4O2/c1-4-9(16)10-12-5-8-7(13-10)6-14(2)11(17)15(8)3/h5,9,16H,4,6H2,1-3H3. The van der Waals surface area contributed by atoms with Gasteiger partial charge < -0.3 is 10.0 Å². The first kappa shape index (κ1) is 11.8. The van der Waals surface area contributed by atoms with Gasteiger partial charge in [0.2, 0.25) is 0 Å². The molecule has 0 saturated carbocycles. The van der Waals surface area contributed by atoms with Gasteiger partial charge in [-0.25, -0.2) is 14.8 Å². The highest BCUT2D eigenvalue weighted by atomic mass is 16.3. The van der Waals surface area contributed by atoms with Crippen LogP contribution < -0.4 is 4.90 Å². The largest absolute Gasteiger partial charge is 0.385 e. The Morgan fingerprint density at radius 3 is 2.88 bits per heavy atom. The molecule has 1 N–H and O–H groups in total. The highest BCUT2D eigenvalue weighted by molar-refractivity contribution is 5.93. The number of rotatable bonds is 2. The smallest absolute Gasteiger partial charge is 0.324 e. The number of aromatic nitrogens is 2. The summed E-state index contributed by atoms with van der Waals surface area (Å²) in [6.07, 6.45) is 1.53. The molecule has 92 valence electrons. The normalized spacial score (nSPS) is 17.1. The second-order valence-electron chi connectivity index (χ2n) is 4.18. The molecule has 1 aliphatic heterocycles. The maximum atomic E-state index is 11.7. The SMILES string of the molecule is CCC(O)c1ncc2c(n1)CN(C)C(=O)N2C. The number of aliphatic hydroxyl groups excluding tert-OH is 1. The molecule has 0 radical (unpaired) electrons. The van der Waals surface area contributed by atoms with E-state index in [0.717, 1.165) is 5.69 Å². The van der Waals surface area contributed by atoms with Gasteiger partial charge in [-0.2, -0.15) is 0 Å². The van der Waals surface area contributed by atoms with Crippen LogP contribution in [0.25, 0.3) is 0 Å². The summed E-state index contributed by atoms with van der Waals surface area (Å²) in [5.41, 5.74) is 1.48. The summed E-state index contributed by atoms with van der Waals surface area (Å²) in [5, 5.41) is 9.70. The van der Waals surface area contributed by atoms with Crippen molar-refractivity contribution >= 4 is 11.7 Å². The van der Waals surface area contributed by atoms with Gasteiger partial charge >= 0.3 is 6.03 Å². The lowest BCUT2D eigenvalue weighted by molar-refractivity contribution is 0.162. The van der Waals surface area contributed by atoms with Crippen LogP contribution in [0, 0.1) is 0 Å². The number of nitrogens with zero attached hydrogens (tertiary/aromatic N) is 4. The van der Waals surface area contributed by atoms with Crippen molar-refractivity contribution in [2.75, 3.05) is 19.0 Å². The minimum absolute atomic E-state index is 0.0788. The fraction of sp³-hybridized carbons (Fsp3) is 0.545. The van der Waals surface area contributed by atoms with E-state index in [9.17, 15) is 9.90 Å². The predicted octanol–water partition coefficient (Wildman–Crippen LogP) is 0.922. The van der Waals surface area contributed by atoms with Crippen LogP contribution in [0.1, 0.15) is 31.0 Å². The molecule has 0 saturated heterocycles. The first-order valence-electron chi connectivity index (χ1n) is 5.57. The number of fused-ring (bicyclic) bond motifs is 1. The Morgan fingerprint density at radius 1 is 1.53 bits per heavy atom. The molecule has 2 amide bonds. The lowest BCUT2D eigenvalue weighted by atomic mass is 10.2. The van der Waals surface area contributed by atoms with E-state index in [1.165, 1.54) is 4.90 Å². The van der Waals surface area contributed by atoms with Gasteiger partial charge in [0.15, 0.2) is 5.82 Å². The zero-order chi connectivity index (χ0) is 12.6. The Morgan fingerprint density at radius 2 is 2.24 bits per heavy atom. The maximum Gasteiger partial charge on any atom is 0.324 e. The van der Waals surface area contributed by atoms with Gasteiger partial charge in [-0.3, -0.25) is 4.90 Å². The van der Waals surface area contributed by atoms with Crippen LogP contribution in [-0.4, -0.2) is 40.1 Å². The highest BCUT2D eigenvalue weighted by Crippen LogP contribution is 2.25. The van der Waals surface area contributed by atoms with E-state index in [0.29, 0.717) is 24.5 Å². The Balaban J connectivity index is 2.40. The van der Waals surface area contributed by atoms with Crippen molar-refractivity contribution in [2.24, 2.45) is 0 Å². The molecule has 6 nitrogen and oxygen atoms in total. The van der Waals surface area contributed by atoms with E-state index in [1.807, 2.05) is 6.92 Å². The molecule has 2 heterocycles. The molecule has 1 atom stereocenters. The number of anilines is 1. The average Bonchev–Trinajstić information content (AvgIpc) is 2.34. The van der Waals surface area contributed by atoms with Crippen molar-refractivity contribution in [3.63, 3.8) is 0 Å². The van der Waals surface area contributed by atoms with E-state index in [2.05, 4.69) is 9.97 Å². The number of urea groups is 1. The molecule has 6 heteroatoms. The van der Waals surface area contributed by atoms with Crippen molar-refractivity contribution in [3.05, 3.63) is 17.7 Å². The summed E-state index contributed by atoms with van der Waals surface area (Å²) in [6, 6.07) is -0.0788. The summed E-state index contributed by atoms with van der Waals surface area (Å²) in [5.74, 6) is 0.419. The first-order valence-corrected chi connectivity index (χ1v) is 5.57. The van der Waals surface area contributed by atoms with Crippen LogP contribution in [0.2, 0.25) is 0 Å². The van der Waals surface area contributed by atoms with Gasteiger partial charge in [0.25, 0.3) is 0 Å². The maximum absolute atomic E-state index is 11.7. The van der Waals surface area contributed by atoms with Crippen LogP contribution >= 0.6 is 0 Å². The average molecular weight is 236 g/mol. The molecule has 0 bridgehead atoms. The third-order valence-electron chi connectivity index (χ3n) is 2.91. The Bertz CT molecular complexity index is 449. The summed E-state index contributed by atoms with van der Waals surface area (Å²) in [6.45, 7) is 2.32. The molecular weight excluding hydrogens is 220 g/mol. The number of amides is 2. The van der Waals surface area contributed by atoms with E-state index >= 15 is 0 Å². The van der Waals surface area contributed by atoms with Crippen molar-refractivity contribution in [3.8, 4) is 0 Å². The third-order valence-corrected chi connectivity index (χ3v) is 2.91. The molecular formula is C11H16N4O2. The summed E-state index contributed by atoms with van der Waals surface area (Å²) < 4.78 is 0. The van der Waals surface area contributed by atoms with Crippen LogP contribution in [0.5, 0.6) is 0 Å². The van der Waals surface area contributed by atoms with Gasteiger partial charge in [0.05, 0.1) is 24.1 Å². The molecule has 1 aromatic heterocycles. The summed E-state index contributed by atoms with van der Waals surface area (Å²) in [4.78, 5) is 23.2. The van der Waals surface area contributed by atoms with Gasteiger partial charge in [0.1, 0.15) is 6.10 Å². The van der Waals surface area contributed by atoms with E-state index in [-0.39, 0.29) is 6.03 Å². The Labute approximate surface area is 99.9 Å². The molecule has 0 aromatic carbocycles. The van der Waals surface area contributed by atoms with E-state index in [1.54, 1.807) is 25.2 Å². The number of carbonyl (C=O) groups is 1. The van der Waals surface area contributed by atoms with Crippen molar-refractivity contribution in [1.29, 1.82) is 0 Å². The summed E-state index contributed by atoms with van der Waals surface area (Å²) in [7, 11) is 3.41. The minimum Gasteiger partial charge on any atom is -0.385 e. The van der Waals surface area contributed by atoms with Crippen molar-refractivity contribution < 1.29 is 9.90 Å². The Hall–Kier alpha value is -1.69. The van der Waals surface area contributed by atoms with Crippen LogP contribution in [-0.2, 0) is 6.54 Å². The number of hydrogen-bond acceptors (Lipinski definition) is 4. The quantitative estimate of drug-likeness (QED) is 0.829. The van der Waals surface area contributed by atoms with Crippen LogP contribution in [0.15, 0.2) is 6.20 Å². The number of hydrogen-bond donors (Lipinski definition) is 1. The van der Waals surface area contributed by atoms with Crippen LogP contribution in [0.4, 0.5) is 10.5 Å². The lowest BCUT2D eigenvalue weighted by Crippen LogP contribution is -2.43. The van der Waals surface area contributed by atoms with Crippen molar-refractivity contribution in [1.82, 2.24) is 14.9 Å². The van der Waals surface area contributed by atoms with Gasteiger partial charge in [-0.1, -0.05) is 6.92 Å². The molecule has 0 spiro atoms. The molecule has 1 aromatic rings. The monoisotopic (exact) mass is 236 g/mol. The zero-order valence-corrected chi connectivity index (χ0v) is 10.2. The highest BCUT2D eigenvalue weighted by Gasteiger charge is 2.27. The lowest BCUT2D eigenvalue weighted by Gasteiger charge is -2.31. The third kappa shape index (κ3) is 1.95. The van der Waals surface area contributed by atoms with E-state index in [4.69, 9.17) is 0 Å². The fourth-order valence-corrected chi connectivity index (χ4v) is 1.82. The molecule has 1 aliphatic rings. The van der Waals surface area contributed by atoms with Gasteiger partial charge in [-0.15, -0.1) is 0 Å². The fourth-order valence-electron chi connectivity index (χ4n) is 1.82. The Kier molecular flexibility index (Phi) is 2.97. The molecule has 0 aliphatic carbocycles. The first-order chi connectivity index (χ1) is 8.04. The molecule has 17 heavy (non-hydrogen) atoms. The topological polar surface area (TPSA) is 69.6 Å².